The van der Waals surface area contributed by atoms with E-state index < -0.39 is 5.97 Å². The maximum absolute atomic E-state index is 12.1. The van der Waals surface area contributed by atoms with Gasteiger partial charge in [0.25, 0.3) is 0 Å². The van der Waals surface area contributed by atoms with Crippen LogP contribution in [0, 0.1) is 0 Å². The Hall–Kier alpha value is -1.88. The van der Waals surface area contributed by atoms with Gasteiger partial charge in [-0.3, -0.25) is 14.5 Å². The van der Waals surface area contributed by atoms with Crippen LogP contribution in [0.4, 0.5) is 5.69 Å². The van der Waals surface area contributed by atoms with Crippen molar-refractivity contribution in [1.29, 1.82) is 0 Å². The smallest absolute Gasteiger partial charge is 0.304 e. The van der Waals surface area contributed by atoms with Gasteiger partial charge >= 0.3 is 5.97 Å². The standard InChI is InChI=1S/C16H22N2O3/c1-2-12-4-3-5-13(10-12)17-15(19)11-18(14-6-7-14)9-8-16(20)21/h3-5,10,14H,2,6-9,11H2,1H3,(H,17,19)(H,20,21). The highest BCUT2D eigenvalue weighted by Crippen LogP contribution is 2.26. The lowest BCUT2D eigenvalue weighted by Gasteiger charge is -2.20. The van der Waals surface area contributed by atoms with Crippen molar-refractivity contribution in [1.82, 2.24) is 4.90 Å². The first-order valence-corrected chi connectivity index (χ1v) is 7.43. The molecule has 1 aromatic carbocycles. The topological polar surface area (TPSA) is 69.6 Å². The second kappa shape index (κ2) is 7.22. The number of carbonyl (C=O) groups is 2. The number of carbonyl (C=O) groups excluding carboxylic acids is 1. The number of rotatable bonds is 8. The van der Waals surface area contributed by atoms with Crippen molar-refractivity contribution in [3.05, 3.63) is 29.8 Å². The van der Waals surface area contributed by atoms with Gasteiger partial charge in [0.1, 0.15) is 0 Å². The molecule has 1 aliphatic carbocycles. The molecular weight excluding hydrogens is 268 g/mol. The number of nitrogens with one attached hydrogen (secondary N) is 1. The molecule has 1 aliphatic rings. The molecule has 21 heavy (non-hydrogen) atoms. The largest absolute Gasteiger partial charge is 0.481 e. The van der Waals surface area contributed by atoms with Crippen LogP contribution in [0.25, 0.3) is 0 Å². The first kappa shape index (κ1) is 15.5. The van der Waals surface area contributed by atoms with E-state index in [2.05, 4.69) is 12.2 Å². The number of hydrogen-bond acceptors (Lipinski definition) is 3. The van der Waals surface area contributed by atoms with Crippen LogP contribution in [0.5, 0.6) is 0 Å². The minimum atomic E-state index is -0.822. The van der Waals surface area contributed by atoms with Gasteiger partial charge in [0, 0.05) is 18.3 Å². The molecule has 0 spiro atoms. The quantitative estimate of drug-likeness (QED) is 0.769. The van der Waals surface area contributed by atoms with Crippen molar-refractivity contribution in [2.75, 3.05) is 18.4 Å². The van der Waals surface area contributed by atoms with Gasteiger partial charge in [-0.15, -0.1) is 0 Å². The third-order valence-corrected chi connectivity index (χ3v) is 3.64. The number of amides is 1. The van der Waals surface area contributed by atoms with Crippen LogP contribution in [0.15, 0.2) is 24.3 Å². The summed E-state index contributed by atoms with van der Waals surface area (Å²) in [5.74, 6) is -0.905. The fraction of sp³-hybridized carbons (Fsp3) is 0.500. The number of carboxylic acid groups (broad SMARTS) is 1. The van der Waals surface area contributed by atoms with Crippen LogP contribution < -0.4 is 5.32 Å². The zero-order valence-corrected chi connectivity index (χ0v) is 12.3. The molecule has 0 heterocycles. The lowest BCUT2D eigenvalue weighted by molar-refractivity contribution is -0.137. The average Bonchev–Trinajstić information content (AvgIpc) is 3.28. The predicted octanol–water partition coefficient (Wildman–Crippen LogP) is 2.13. The van der Waals surface area contributed by atoms with Crippen molar-refractivity contribution < 1.29 is 14.7 Å². The van der Waals surface area contributed by atoms with Crippen molar-refractivity contribution in [2.24, 2.45) is 0 Å². The minimum absolute atomic E-state index is 0.0785. The summed E-state index contributed by atoms with van der Waals surface area (Å²) in [6, 6.07) is 8.17. The zero-order chi connectivity index (χ0) is 15.2. The van der Waals surface area contributed by atoms with Crippen LogP contribution >= 0.6 is 0 Å². The third-order valence-electron chi connectivity index (χ3n) is 3.64. The van der Waals surface area contributed by atoms with Gasteiger partial charge in [0.05, 0.1) is 13.0 Å². The Kier molecular flexibility index (Phi) is 5.33. The number of anilines is 1. The lowest BCUT2D eigenvalue weighted by atomic mass is 10.1. The Morgan fingerprint density at radius 1 is 1.38 bits per heavy atom. The van der Waals surface area contributed by atoms with E-state index in [1.165, 1.54) is 5.56 Å². The van der Waals surface area contributed by atoms with Gasteiger partial charge in [-0.1, -0.05) is 19.1 Å². The monoisotopic (exact) mass is 290 g/mol. The highest BCUT2D eigenvalue weighted by Gasteiger charge is 2.30. The van der Waals surface area contributed by atoms with E-state index in [4.69, 9.17) is 5.11 Å². The second-order valence-electron chi connectivity index (χ2n) is 5.45. The summed E-state index contributed by atoms with van der Waals surface area (Å²) in [5.41, 5.74) is 1.98. The molecule has 1 aromatic rings. The molecule has 2 N–H and O–H groups in total. The molecular formula is C16H22N2O3. The molecule has 5 nitrogen and oxygen atoms in total. The van der Waals surface area contributed by atoms with Gasteiger partial charge in [0.15, 0.2) is 0 Å². The molecule has 1 saturated carbocycles. The average molecular weight is 290 g/mol. The molecule has 0 saturated heterocycles. The first-order valence-electron chi connectivity index (χ1n) is 7.43. The first-order chi connectivity index (χ1) is 10.1. The van der Waals surface area contributed by atoms with Crippen LogP contribution in [0.2, 0.25) is 0 Å². The van der Waals surface area contributed by atoms with E-state index in [9.17, 15) is 9.59 Å². The van der Waals surface area contributed by atoms with Crippen LogP contribution in [0.3, 0.4) is 0 Å². The molecule has 0 bridgehead atoms. The predicted molar refractivity (Wildman–Crippen MR) is 81.3 cm³/mol. The van der Waals surface area contributed by atoms with E-state index in [0.29, 0.717) is 12.6 Å². The SMILES string of the molecule is CCc1cccc(NC(=O)CN(CCC(=O)O)C2CC2)c1. The number of aryl methyl sites for hydroxylation is 1. The van der Waals surface area contributed by atoms with Gasteiger partial charge in [-0.05, 0) is 37.0 Å². The Morgan fingerprint density at radius 3 is 2.76 bits per heavy atom. The van der Waals surface area contributed by atoms with E-state index in [1.54, 1.807) is 0 Å². The van der Waals surface area contributed by atoms with Crippen molar-refractivity contribution in [3.8, 4) is 0 Å². The highest BCUT2D eigenvalue weighted by atomic mass is 16.4. The van der Waals surface area contributed by atoms with Crippen LogP contribution in [-0.4, -0.2) is 41.0 Å². The number of aliphatic carboxylic acids is 1. The Labute approximate surface area is 125 Å². The lowest BCUT2D eigenvalue weighted by Crippen LogP contribution is -2.36. The number of nitrogens with zero attached hydrogens (tertiary/aromatic N) is 1. The van der Waals surface area contributed by atoms with Crippen molar-refractivity contribution >= 4 is 17.6 Å². The maximum Gasteiger partial charge on any atom is 0.304 e. The molecule has 2 rings (SSSR count). The van der Waals surface area contributed by atoms with E-state index in [1.807, 2.05) is 29.2 Å². The zero-order valence-electron chi connectivity index (χ0n) is 12.3. The normalized spacial score (nSPS) is 14.2. The molecule has 0 aliphatic heterocycles. The summed E-state index contributed by atoms with van der Waals surface area (Å²) < 4.78 is 0. The maximum atomic E-state index is 12.1. The van der Waals surface area contributed by atoms with Crippen molar-refractivity contribution in [3.63, 3.8) is 0 Å². The fourth-order valence-electron chi connectivity index (χ4n) is 2.32. The molecule has 0 radical (unpaired) electrons. The summed E-state index contributed by atoms with van der Waals surface area (Å²) in [5, 5.41) is 11.7. The molecule has 0 aromatic heterocycles. The summed E-state index contributed by atoms with van der Waals surface area (Å²) in [7, 11) is 0. The summed E-state index contributed by atoms with van der Waals surface area (Å²) in [6.45, 7) is 2.76. The van der Waals surface area contributed by atoms with Gasteiger partial charge in [-0.2, -0.15) is 0 Å². The second-order valence-corrected chi connectivity index (χ2v) is 5.45. The number of benzene rings is 1. The minimum Gasteiger partial charge on any atom is -0.481 e. The van der Waals surface area contributed by atoms with E-state index >= 15 is 0 Å². The number of carboxylic acids is 1. The number of hydrogen-bond donors (Lipinski definition) is 2. The van der Waals surface area contributed by atoms with E-state index in [-0.39, 0.29) is 18.9 Å². The van der Waals surface area contributed by atoms with Gasteiger partial charge in [0.2, 0.25) is 5.91 Å². The van der Waals surface area contributed by atoms with Gasteiger partial charge < -0.3 is 10.4 Å². The Morgan fingerprint density at radius 2 is 2.14 bits per heavy atom. The summed E-state index contributed by atoms with van der Waals surface area (Å²) in [4.78, 5) is 24.7. The molecule has 1 amide bonds. The fourth-order valence-corrected chi connectivity index (χ4v) is 2.32. The van der Waals surface area contributed by atoms with Crippen molar-refractivity contribution in [2.45, 2.75) is 38.6 Å². The third kappa shape index (κ3) is 5.19. The summed E-state index contributed by atoms with van der Waals surface area (Å²) >= 11 is 0. The molecule has 5 heteroatoms. The van der Waals surface area contributed by atoms with E-state index in [0.717, 1.165) is 24.9 Å². The highest BCUT2D eigenvalue weighted by molar-refractivity contribution is 5.92. The Bertz CT molecular complexity index is 512. The van der Waals surface area contributed by atoms with Crippen LogP contribution in [-0.2, 0) is 16.0 Å². The van der Waals surface area contributed by atoms with Gasteiger partial charge in [-0.25, -0.2) is 0 Å². The molecule has 0 atom stereocenters. The molecule has 0 unspecified atom stereocenters. The summed E-state index contributed by atoms with van der Waals surface area (Å²) in [6.07, 6.45) is 3.11. The molecule has 1 fully saturated rings. The van der Waals surface area contributed by atoms with Crippen LogP contribution in [0.1, 0.15) is 31.7 Å². The Balaban J connectivity index is 1.87. The molecule has 114 valence electrons.